The first-order valence-electron chi connectivity index (χ1n) is 9.62. The highest BCUT2D eigenvalue weighted by Crippen LogP contribution is 2.28. The standard InChI is InChI=1S/C23H18N2O6S2/c1-30-17-8-4-16(5-9-17)25-33(28,29)20-12-10-19(11-13-20)31-18-6-2-15(3-7-18)14-21-22(26)24-23(27)32-21/h2-14,25H,1H3,(H,24,26,27)/b21-14+. The largest absolute Gasteiger partial charge is 0.497 e. The summed E-state index contributed by atoms with van der Waals surface area (Å²) in [7, 11) is -2.22. The van der Waals surface area contributed by atoms with Crippen LogP contribution in [-0.4, -0.2) is 26.7 Å². The maximum Gasteiger partial charge on any atom is 0.290 e. The first kappa shape index (κ1) is 22.4. The van der Waals surface area contributed by atoms with Crippen molar-refractivity contribution in [2.24, 2.45) is 0 Å². The van der Waals surface area contributed by atoms with Gasteiger partial charge in [0.05, 0.1) is 16.9 Å². The molecular weight excluding hydrogens is 464 g/mol. The van der Waals surface area contributed by atoms with Gasteiger partial charge in [0.2, 0.25) is 0 Å². The third-order valence-corrected chi connectivity index (χ3v) is 6.74. The van der Waals surface area contributed by atoms with Crippen LogP contribution in [0.25, 0.3) is 6.08 Å². The zero-order valence-electron chi connectivity index (χ0n) is 17.3. The molecule has 168 valence electrons. The van der Waals surface area contributed by atoms with Crippen molar-refractivity contribution in [3.63, 3.8) is 0 Å². The number of sulfonamides is 1. The molecule has 3 aromatic rings. The summed E-state index contributed by atoms with van der Waals surface area (Å²) >= 11 is 0.851. The Morgan fingerprint density at radius 3 is 1.97 bits per heavy atom. The van der Waals surface area contributed by atoms with Crippen molar-refractivity contribution in [2.75, 3.05) is 11.8 Å². The second-order valence-electron chi connectivity index (χ2n) is 6.83. The molecule has 0 bridgehead atoms. The summed E-state index contributed by atoms with van der Waals surface area (Å²) in [5, 5.41) is 1.81. The van der Waals surface area contributed by atoms with Crippen LogP contribution in [0.1, 0.15) is 5.56 Å². The van der Waals surface area contributed by atoms with Crippen molar-refractivity contribution >= 4 is 44.7 Å². The van der Waals surface area contributed by atoms with Gasteiger partial charge in [-0.1, -0.05) is 12.1 Å². The second kappa shape index (κ2) is 9.39. The number of anilines is 1. The molecule has 8 nitrogen and oxygen atoms in total. The first-order chi connectivity index (χ1) is 15.8. The van der Waals surface area contributed by atoms with E-state index >= 15 is 0 Å². The van der Waals surface area contributed by atoms with Gasteiger partial charge in [-0.2, -0.15) is 0 Å². The van der Waals surface area contributed by atoms with Crippen LogP contribution >= 0.6 is 11.8 Å². The number of hydrogen-bond donors (Lipinski definition) is 2. The van der Waals surface area contributed by atoms with Gasteiger partial charge in [0, 0.05) is 5.69 Å². The van der Waals surface area contributed by atoms with Gasteiger partial charge in [-0.3, -0.25) is 19.6 Å². The summed E-state index contributed by atoms with van der Waals surface area (Å²) in [6, 6.07) is 19.5. The molecule has 4 rings (SSSR count). The van der Waals surface area contributed by atoms with Crippen LogP contribution in [0.5, 0.6) is 17.2 Å². The molecule has 10 heteroatoms. The SMILES string of the molecule is COc1ccc(NS(=O)(=O)c2ccc(Oc3ccc(/C=C4/SC(=O)NC4=O)cc3)cc2)cc1. The molecule has 0 aromatic heterocycles. The van der Waals surface area contributed by atoms with Gasteiger partial charge in [0.15, 0.2) is 0 Å². The number of methoxy groups -OCH3 is 1. The summed E-state index contributed by atoms with van der Waals surface area (Å²) in [6.07, 6.45) is 1.62. The highest BCUT2D eigenvalue weighted by Gasteiger charge is 2.24. The van der Waals surface area contributed by atoms with Crippen LogP contribution in [0.15, 0.2) is 82.6 Å². The summed E-state index contributed by atoms with van der Waals surface area (Å²) in [5.74, 6) is 1.20. The Hall–Kier alpha value is -3.76. The van der Waals surface area contributed by atoms with Gasteiger partial charge in [0.1, 0.15) is 17.2 Å². The Balaban J connectivity index is 1.41. The number of imide groups is 1. The number of rotatable bonds is 7. The van der Waals surface area contributed by atoms with Crippen LogP contribution < -0.4 is 19.5 Å². The molecule has 33 heavy (non-hydrogen) atoms. The van der Waals surface area contributed by atoms with Crippen LogP contribution in [-0.2, 0) is 14.8 Å². The Morgan fingerprint density at radius 2 is 1.42 bits per heavy atom. The third kappa shape index (κ3) is 5.54. The normalized spacial score (nSPS) is 14.8. The topological polar surface area (TPSA) is 111 Å². The lowest BCUT2D eigenvalue weighted by atomic mass is 10.2. The van der Waals surface area contributed by atoms with E-state index < -0.39 is 21.2 Å². The molecule has 0 unspecified atom stereocenters. The van der Waals surface area contributed by atoms with Crippen molar-refractivity contribution in [1.29, 1.82) is 0 Å². The van der Waals surface area contributed by atoms with E-state index in [0.717, 1.165) is 17.3 Å². The zero-order chi connectivity index (χ0) is 23.4. The number of nitrogens with one attached hydrogen (secondary N) is 2. The quantitative estimate of drug-likeness (QED) is 0.473. The maximum atomic E-state index is 12.6. The molecule has 1 aliphatic rings. The van der Waals surface area contributed by atoms with E-state index in [2.05, 4.69) is 10.0 Å². The molecule has 1 aliphatic heterocycles. The lowest BCUT2D eigenvalue weighted by Gasteiger charge is -2.10. The van der Waals surface area contributed by atoms with Crippen molar-refractivity contribution in [2.45, 2.75) is 4.90 Å². The number of ether oxygens (including phenoxy) is 2. The fraction of sp³-hybridized carbons (Fsp3) is 0.0435. The maximum absolute atomic E-state index is 12.6. The van der Waals surface area contributed by atoms with Crippen molar-refractivity contribution in [3.8, 4) is 17.2 Å². The fourth-order valence-electron chi connectivity index (χ4n) is 2.90. The molecule has 1 heterocycles. The Bertz CT molecular complexity index is 1320. The summed E-state index contributed by atoms with van der Waals surface area (Å²) in [4.78, 5) is 23.3. The molecule has 2 N–H and O–H groups in total. The Morgan fingerprint density at radius 1 is 0.848 bits per heavy atom. The third-order valence-electron chi connectivity index (χ3n) is 4.53. The lowest BCUT2D eigenvalue weighted by molar-refractivity contribution is -0.115. The van der Waals surface area contributed by atoms with Gasteiger partial charge in [-0.25, -0.2) is 8.42 Å². The van der Waals surface area contributed by atoms with Crippen molar-refractivity contribution < 1.29 is 27.5 Å². The van der Waals surface area contributed by atoms with E-state index in [1.54, 1.807) is 66.7 Å². The number of carbonyl (C=O) groups is 2. The molecule has 0 radical (unpaired) electrons. The molecular formula is C23H18N2O6S2. The summed E-state index contributed by atoms with van der Waals surface area (Å²) in [5.41, 5.74) is 1.16. The Kier molecular flexibility index (Phi) is 6.38. The average Bonchev–Trinajstić information content (AvgIpc) is 3.12. The average molecular weight is 483 g/mol. The highest BCUT2D eigenvalue weighted by molar-refractivity contribution is 8.18. The molecule has 0 aliphatic carbocycles. The van der Waals surface area contributed by atoms with E-state index in [-0.39, 0.29) is 4.90 Å². The van der Waals surface area contributed by atoms with Gasteiger partial charge in [0.25, 0.3) is 21.2 Å². The molecule has 1 saturated heterocycles. The molecule has 2 amide bonds. The van der Waals surface area contributed by atoms with E-state index in [1.807, 2.05) is 0 Å². The van der Waals surface area contributed by atoms with Crippen molar-refractivity contribution in [3.05, 3.63) is 83.3 Å². The molecule has 0 atom stereocenters. The van der Waals surface area contributed by atoms with Crippen LogP contribution in [0.2, 0.25) is 0 Å². The number of thioether (sulfide) groups is 1. The number of benzene rings is 3. The second-order valence-corrected chi connectivity index (χ2v) is 9.53. The first-order valence-corrected chi connectivity index (χ1v) is 11.9. The monoisotopic (exact) mass is 482 g/mol. The number of amides is 2. The number of hydrogen-bond acceptors (Lipinski definition) is 7. The van der Waals surface area contributed by atoms with Crippen LogP contribution in [0, 0.1) is 0 Å². The van der Waals surface area contributed by atoms with Crippen molar-refractivity contribution in [1.82, 2.24) is 5.32 Å². The van der Waals surface area contributed by atoms with Gasteiger partial charge in [-0.15, -0.1) is 0 Å². The van der Waals surface area contributed by atoms with E-state index in [1.165, 1.54) is 19.2 Å². The lowest BCUT2D eigenvalue weighted by Crippen LogP contribution is -2.17. The molecule has 0 saturated carbocycles. The molecule has 1 fully saturated rings. The van der Waals surface area contributed by atoms with Crippen LogP contribution in [0.3, 0.4) is 0 Å². The predicted molar refractivity (Wildman–Crippen MR) is 126 cm³/mol. The zero-order valence-corrected chi connectivity index (χ0v) is 18.9. The summed E-state index contributed by atoms with van der Waals surface area (Å²) < 4.78 is 38.6. The smallest absolute Gasteiger partial charge is 0.290 e. The minimum atomic E-state index is -3.76. The van der Waals surface area contributed by atoms with E-state index in [4.69, 9.17) is 9.47 Å². The van der Waals surface area contributed by atoms with Gasteiger partial charge >= 0.3 is 0 Å². The van der Waals surface area contributed by atoms with E-state index in [0.29, 0.717) is 27.8 Å². The summed E-state index contributed by atoms with van der Waals surface area (Å²) in [6.45, 7) is 0. The van der Waals surface area contributed by atoms with E-state index in [9.17, 15) is 18.0 Å². The molecule has 0 spiro atoms. The number of carbonyl (C=O) groups excluding carboxylic acids is 2. The Labute approximate surface area is 194 Å². The van der Waals surface area contributed by atoms with Crippen LogP contribution in [0.4, 0.5) is 10.5 Å². The minimum Gasteiger partial charge on any atom is -0.497 e. The predicted octanol–water partition coefficient (Wildman–Crippen LogP) is 4.61. The fourth-order valence-corrected chi connectivity index (χ4v) is 4.64. The molecule has 3 aromatic carbocycles. The van der Waals surface area contributed by atoms with Gasteiger partial charge in [-0.05, 0) is 84.1 Å². The highest BCUT2D eigenvalue weighted by atomic mass is 32.2. The minimum absolute atomic E-state index is 0.0922. The van der Waals surface area contributed by atoms with Gasteiger partial charge < -0.3 is 9.47 Å².